The number of rotatable bonds is 5. The highest BCUT2D eigenvalue weighted by atomic mass is 16.5. The number of hydrogen-bond acceptors (Lipinski definition) is 3. The van der Waals surface area contributed by atoms with Crippen molar-refractivity contribution >= 4 is 12.4 Å². The summed E-state index contributed by atoms with van der Waals surface area (Å²) in [6.07, 6.45) is 0.999. The van der Waals surface area contributed by atoms with Crippen LogP contribution in [0, 0.1) is 0 Å². The van der Waals surface area contributed by atoms with Gasteiger partial charge in [-0.1, -0.05) is 19.1 Å². The fraction of sp³-hybridized carbons (Fsp3) is 0.273. The Morgan fingerprint density at radius 3 is 2.60 bits per heavy atom. The molecule has 0 unspecified atom stereocenters. The van der Waals surface area contributed by atoms with Crippen molar-refractivity contribution in [2.45, 2.75) is 19.9 Å². The zero-order valence-corrected chi connectivity index (χ0v) is 8.53. The number of amides is 1. The van der Waals surface area contributed by atoms with E-state index in [1.807, 2.05) is 0 Å². The first-order chi connectivity index (χ1) is 7.26. The lowest BCUT2D eigenvalue weighted by atomic mass is 10.2. The Bertz CT molecular complexity index is 332. The van der Waals surface area contributed by atoms with Crippen LogP contribution in [0.1, 0.15) is 18.9 Å². The predicted molar refractivity (Wildman–Crippen MR) is 55.3 cm³/mol. The van der Waals surface area contributed by atoms with Gasteiger partial charge in [0.05, 0.1) is 0 Å². The second kappa shape index (κ2) is 5.80. The van der Waals surface area contributed by atoms with E-state index in [4.69, 9.17) is 4.74 Å². The molecule has 1 amide bonds. The molecule has 0 spiro atoms. The van der Waals surface area contributed by atoms with Crippen molar-refractivity contribution in [2.24, 2.45) is 0 Å². The zero-order chi connectivity index (χ0) is 11.1. The normalized spacial score (nSPS) is 9.40. The lowest BCUT2D eigenvalue weighted by Gasteiger charge is -2.04. The Morgan fingerprint density at radius 1 is 1.40 bits per heavy atom. The molecule has 0 heterocycles. The topological polar surface area (TPSA) is 55.4 Å². The van der Waals surface area contributed by atoms with Crippen molar-refractivity contribution in [3.63, 3.8) is 0 Å². The molecule has 15 heavy (non-hydrogen) atoms. The van der Waals surface area contributed by atoms with Crippen molar-refractivity contribution in [2.75, 3.05) is 0 Å². The van der Waals surface area contributed by atoms with Crippen LogP contribution in [0.4, 0.5) is 0 Å². The summed E-state index contributed by atoms with van der Waals surface area (Å²) in [6.45, 7) is 2.22. The fourth-order valence-electron chi connectivity index (χ4n) is 1.04. The highest BCUT2D eigenvalue weighted by Gasteiger charge is 2.00. The molecule has 0 atom stereocenters. The van der Waals surface area contributed by atoms with Gasteiger partial charge in [-0.25, -0.2) is 0 Å². The standard InChI is InChI=1S/C11H13NO3/c1-2-11(14)15-10-5-3-9(4-6-10)7-12-8-13/h3-6,8H,2,7H2,1H3,(H,12,13). The van der Waals surface area contributed by atoms with Gasteiger partial charge in [0.1, 0.15) is 5.75 Å². The molecular weight excluding hydrogens is 194 g/mol. The number of benzene rings is 1. The molecule has 80 valence electrons. The minimum Gasteiger partial charge on any atom is -0.427 e. The summed E-state index contributed by atoms with van der Waals surface area (Å²) < 4.78 is 4.99. The Morgan fingerprint density at radius 2 is 2.07 bits per heavy atom. The van der Waals surface area contributed by atoms with E-state index in [0.29, 0.717) is 25.1 Å². The summed E-state index contributed by atoms with van der Waals surface area (Å²) in [5.41, 5.74) is 0.957. The molecule has 0 aliphatic heterocycles. The van der Waals surface area contributed by atoms with Crippen LogP contribution in [0.25, 0.3) is 0 Å². The van der Waals surface area contributed by atoms with Gasteiger partial charge in [0.2, 0.25) is 6.41 Å². The molecule has 1 rings (SSSR count). The maximum atomic E-state index is 11.0. The predicted octanol–water partition coefficient (Wildman–Crippen LogP) is 1.25. The van der Waals surface area contributed by atoms with E-state index in [-0.39, 0.29) is 5.97 Å². The molecule has 0 saturated heterocycles. The third kappa shape index (κ3) is 3.81. The van der Waals surface area contributed by atoms with Crippen LogP contribution >= 0.6 is 0 Å². The maximum Gasteiger partial charge on any atom is 0.310 e. The molecule has 4 heteroatoms. The number of ether oxygens (including phenoxy) is 1. The van der Waals surface area contributed by atoms with Gasteiger partial charge < -0.3 is 10.1 Å². The molecule has 0 radical (unpaired) electrons. The molecule has 0 bridgehead atoms. The SMILES string of the molecule is CCC(=O)Oc1ccc(CNC=O)cc1. The molecule has 0 fully saturated rings. The van der Waals surface area contributed by atoms with Crippen LogP contribution < -0.4 is 10.1 Å². The molecule has 0 aliphatic rings. The number of carbonyl (C=O) groups excluding carboxylic acids is 2. The zero-order valence-electron chi connectivity index (χ0n) is 8.53. The molecule has 0 aromatic heterocycles. The van der Waals surface area contributed by atoms with E-state index in [9.17, 15) is 9.59 Å². The number of carbonyl (C=O) groups is 2. The van der Waals surface area contributed by atoms with Gasteiger partial charge >= 0.3 is 5.97 Å². The summed E-state index contributed by atoms with van der Waals surface area (Å²) >= 11 is 0. The highest BCUT2D eigenvalue weighted by Crippen LogP contribution is 2.12. The van der Waals surface area contributed by atoms with Crippen molar-refractivity contribution in [1.82, 2.24) is 5.32 Å². The Hall–Kier alpha value is -1.84. The molecular formula is C11H13NO3. The Balaban J connectivity index is 2.55. The Labute approximate surface area is 88.2 Å². The number of esters is 1. The van der Waals surface area contributed by atoms with Crippen molar-refractivity contribution in [3.05, 3.63) is 29.8 Å². The van der Waals surface area contributed by atoms with Crippen LogP contribution in [-0.4, -0.2) is 12.4 Å². The summed E-state index contributed by atoms with van der Waals surface area (Å²) in [5, 5.41) is 2.55. The minimum atomic E-state index is -0.256. The van der Waals surface area contributed by atoms with Crippen molar-refractivity contribution in [3.8, 4) is 5.75 Å². The van der Waals surface area contributed by atoms with Crippen LogP contribution in [0.3, 0.4) is 0 Å². The molecule has 4 nitrogen and oxygen atoms in total. The smallest absolute Gasteiger partial charge is 0.310 e. The van der Waals surface area contributed by atoms with Gasteiger partial charge in [-0.15, -0.1) is 0 Å². The van der Waals surface area contributed by atoms with Gasteiger partial charge in [-0.2, -0.15) is 0 Å². The maximum absolute atomic E-state index is 11.0. The van der Waals surface area contributed by atoms with E-state index in [0.717, 1.165) is 5.56 Å². The second-order valence-corrected chi connectivity index (χ2v) is 2.97. The van der Waals surface area contributed by atoms with Gasteiger partial charge in [0.25, 0.3) is 0 Å². The molecule has 1 N–H and O–H groups in total. The first kappa shape index (κ1) is 11.2. The number of nitrogens with one attached hydrogen (secondary N) is 1. The molecule has 1 aromatic rings. The number of hydrogen-bond donors (Lipinski definition) is 1. The van der Waals surface area contributed by atoms with E-state index < -0.39 is 0 Å². The average Bonchev–Trinajstić information content (AvgIpc) is 2.28. The minimum absolute atomic E-state index is 0.256. The second-order valence-electron chi connectivity index (χ2n) is 2.97. The summed E-state index contributed by atoms with van der Waals surface area (Å²) in [5.74, 6) is 0.269. The Kier molecular flexibility index (Phi) is 4.34. The average molecular weight is 207 g/mol. The summed E-state index contributed by atoms with van der Waals surface area (Å²) in [4.78, 5) is 21.0. The van der Waals surface area contributed by atoms with Gasteiger partial charge in [0.15, 0.2) is 0 Å². The van der Waals surface area contributed by atoms with Crippen LogP contribution in [0.15, 0.2) is 24.3 Å². The van der Waals surface area contributed by atoms with E-state index in [2.05, 4.69) is 5.32 Å². The van der Waals surface area contributed by atoms with Crippen LogP contribution in [0.2, 0.25) is 0 Å². The van der Waals surface area contributed by atoms with Gasteiger partial charge in [0, 0.05) is 13.0 Å². The van der Waals surface area contributed by atoms with Crippen molar-refractivity contribution < 1.29 is 14.3 Å². The van der Waals surface area contributed by atoms with Crippen LogP contribution in [-0.2, 0) is 16.1 Å². The van der Waals surface area contributed by atoms with E-state index >= 15 is 0 Å². The highest BCUT2D eigenvalue weighted by molar-refractivity contribution is 5.71. The third-order valence-electron chi connectivity index (χ3n) is 1.83. The summed E-state index contributed by atoms with van der Waals surface area (Å²) in [6, 6.07) is 7.01. The van der Waals surface area contributed by atoms with Crippen LogP contribution in [0.5, 0.6) is 5.75 Å². The lowest BCUT2D eigenvalue weighted by Crippen LogP contribution is -2.09. The molecule has 1 aromatic carbocycles. The monoisotopic (exact) mass is 207 g/mol. The van der Waals surface area contributed by atoms with Crippen molar-refractivity contribution in [1.29, 1.82) is 0 Å². The van der Waals surface area contributed by atoms with Gasteiger partial charge in [-0.05, 0) is 17.7 Å². The van der Waals surface area contributed by atoms with Gasteiger partial charge in [-0.3, -0.25) is 9.59 Å². The van der Waals surface area contributed by atoms with E-state index in [1.54, 1.807) is 31.2 Å². The fourth-order valence-corrected chi connectivity index (χ4v) is 1.04. The first-order valence-corrected chi connectivity index (χ1v) is 4.73. The summed E-state index contributed by atoms with van der Waals surface area (Å²) in [7, 11) is 0. The largest absolute Gasteiger partial charge is 0.427 e. The first-order valence-electron chi connectivity index (χ1n) is 4.73. The third-order valence-corrected chi connectivity index (χ3v) is 1.83. The molecule has 0 aliphatic carbocycles. The quantitative estimate of drug-likeness (QED) is 0.449. The lowest BCUT2D eigenvalue weighted by molar-refractivity contribution is -0.134. The van der Waals surface area contributed by atoms with E-state index in [1.165, 1.54) is 0 Å². The molecule has 0 saturated carbocycles.